The molecule has 0 saturated carbocycles. The predicted octanol–water partition coefficient (Wildman–Crippen LogP) is 1.79. The number of aldehydes is 1. The van der Waals surface area contributed by atoms with Crippen LogP contribution in [0, 0.1) is 0 Å². The largest absolute Gasteiger partial charge is 0.462 e. The van der Waals surface area contributed by atoms with E-state index < -0.39 is 5.97 Å². The molecule has 0 aliphatic carbocycles. The van der Waals surface area contributed by atoms with Gasteiger partial charge in [0.15, 0.2) is 11.4 Å². The van der Waals surface area contributed by atoms with E-state index in [2.05, 4.69) is 15.0 Å². The third kappa shape index (κ3) is 3.88. The number of carbonyl (C=O) groups is 2. The van der Waals surface area contributed by atoms with Crippen LogP contribution in [-0.2, 0) is 14.3 Å². The maximum atomic E-state index is 11.3. The van der Waals surface area contributed by atoms with Gasteiger partial charge in [-0.15, -0.1) is 0 Å². The number of hydrogen-bond acceptors (Lipinski definition) is 5. The molecule has 0 radical (unpaired) electrons. The summed E-state index contributed by atoms with van der Waals surface area (Å²) >= 11 is 5.78. The fraction of sp³-hybridized carbons (Fsp3) is 0.182. The molecule has 0 amide bonds. The molecule has 0 spiro atoms. The molecule has 0 atom stereocenters. The Kier molecular flexibility index (Phi) is 5.16. The molecule has 6 heteroatoms. The van der Waals surface area contributed by atoms with Crippen LogP contribution in [0.1, 0.15) is 6.92 Å². The number of rotatable bonds is 5. The lowest BCUT2D eigenvalue weighted by atomic mass is 10.3. The molecule has 0 aromatic carbocycles. The van der Waals surface area contributed by atoms with E-state index in [1.54, 1.807) is 19.1 Å². The van der Waals surface area contributed by atoms with Crippen molar-refractivity contribution < 1.29 is 14.3 Å². The summed E-state index contributed by atoms with van der Waals surface area (Å²) in [6, 6.07) is 3.34. The number of halogens is 1. The Morgan fingerprint density at radius 3 is 3.00 bits per heavy atom. The monoisotopic (exact) mass is 254 g/mol. The molecule has 1 N–H and O–H groups in total. The van der Waals surface area contributed by atoms with Gasteiger partial charge in [0.05, 0.1) is 12.3 Å². The summed E-state index contributed by atoms with van der Waals surface area (Å²) in [6.07, 6.45) is 3.17. The average molecular weight is 255 g/mol. The summed E-state index contributed by atoms with van der Waals surface area (Å²) in [4.78, 5) is 25.8. The van der Waals surface area contributed by atoms with Gasteiger partial charge in [0, 0.05) is 12.4 Å². The molecular weight excluding hydrogens is 244 g/mol. The summed E-state index contributed by atoms with van der Waals surface area (Å²) < 4.78 is 4.69. The smallest absolute Gasteiger partial charge is 0.342 e. The van der Waals surface area contributed by atoms with E-state index in [4.69, 9.17) is 11.6 Å². The van der Waals surface area contributed by atoms with Crippen LogP contribution in [-0.4, -0.2) is 23.8 Å². The molecule has 90 valence electrons. The third-order valence-corrected chi connectivity index (χ3v) is 2.08. The Bertz CT molecular complexity index is 446. The first-order valence-electron chi connectivity index (χ1n) is 4.88. The lowest BCUT2D eigenvalue weighted by Gasteiger charge is -2.04. The van der Waals surface area contributed by atoms with Crippen LogP contribution in [0.5, 0.6) is 0 Å². The van der Waals surface area contributed by atoms with E-state index in [0.29, 0.717) is 12.0 Å². The first-order chi connectivity index (χ1) is 8.19. The zero-order chi connectivity index (χ0) is 12.7. The predicted molar refractivity (Wildman–Crippen MR) is 63.6 cm³/mol. The van der Waals surface area contributed by atoms with E-state index in [1.165, 1.54) is 12.4 Å². The highest BCUT2D eigenvalue weighted by atomic mass is 35.5. The number of anilines is 1. The maximum absolute atomic E-state index is 11.3. The minimum atomic E-state index is -0.685. The topological polar surface area (TPSA) is 68.3 Å². The molecule has 0 saturated heterocycles. The second-order valence-corrected chi connectivity index (χ2v) is 3.28. The molecule has 5 nitrogen and oxygen atoms in total. The molecule has 0 aliphatic rings. The van der Waals surface area contributed by atoms with Crippen LogP contribution in [0.2, 0.25) is 5.15 Å². The van der Waals surface area contributed by atoms with Gasteiger partial charge in [-0.3, -0.25) is 4.79 Å². The van der Waals surface area contributed by atoms with Crippen molar-refractivity contribution in [2.45, 2.75) is 6.92 Å². The number of nitrogens with one attached hydrogen (secondary N) is 1. The first-order valence-corrected chi connectivity index (χ1v) is 5.26. The highest BCUT2D eigenvalue weighted by Crippen LogP contribution is 2.17. The van der Waals surface area contributed by atoms with Gasteiger partial charge in [-0.2, -0.15) is 0 Å². The number of ether oxygens (including phenoxy) is 1. The Balaban J connectivity index is 2.78. The first kappa shape index (κ1) is 13.2. The van der Waals surface area contributed by atoms with Crippen molar-refractivity contribution in [1.29, 1.82) is 0 Å². The molecule has 0 fully saturated rings. The van der Waals surface area contributed by atoms with Gasteiger partial charge in [0.1, 0.15) is 5.57 Å². The van der Waals surface area contributed by atoms with E-state index in [1.807, 2.05) is 0 Å². The van der Waals surface area contributed by atoms with Crippen LogP contribution in [0.3, 0.4) is 0 Å². The van der Waals surface area contributed by atoms with Crippen molar-refractivity contribution in [3.05, 3.63) is 35.3 Å². The Morgan fingerprint density at radius 1 is 1.65 bits per heavy atom. The molecule has 17 heavy (non-hydrogen) atoms. The normalized spacial score (nSPS) is 10.8. The lowest BCUT2D eigenvalue weighted by Crippen LogP contribution is -2.10. The zero-order valence-corrected chi connectivity index (χ0v) is 9.90. The van der Waals surface area contributed by atoms with Gasteiger partial charge in [0.25, 0.3) is 0 Å². The van der Waals surface area contributed by atoms with Gasteiger partial charge in [-0.05, 0) is 19.1 Å². The Morgan fingerprint density at radius 2 is 2.41 bits per heavy atom. The van der Waals surface area contributed by atoms with Crippen molar-refractivity contribution in [2.24, 2.45) is 0 Å². The van der Waals surface area contributed by atoms with Crippen LogP contribution < -0.4 is 5.32 Å². The second-order valence-electron chi connectivity index (χ2n) is 2.92. The molecule has 1 heterocycles. The van der Waals surface area contributed by atoms with Crippen LogP contribution >= 0.6 is 11.6 Å². The Hall–Kier alpha value is -1.88. The van der Waals surface area contributed by atoms with Gasteiger partial charge >= 0.3 is 5.97 Å². The fourth-order valence-electron chi connectivity index (χ4n) is 1.00. The summed E-state index contributed by atoms with van der Waals surface area (Å²) in [5, 5.41) is 2.96. The lowest BCUT2D eigenvalue weighted by molar-refractivity contribution is -0.139. The van der Waals surface area contributed by atoms with E-state index >= 15 is 0 Å². The minimum absolute atomic E-state index is 0.119. The number of hydrogen-bond donors (Lipinski definition) is 1. The Labute approximate surface area is 103 Å². The SMILES string of the molecule is CCOC(=O)/C(C=O)=C/Nc1cccnc1Cl. The highest BCUT2D eigenvalue weighted by Gasteiger charge is 2.09. The van der Waals surface area contributed by atoms with Crippen molar-refractivity contribution in [2.75, 3.05) is 11.9 Å². The van der Waals surface area contributed by atoms with Crippen LogP contribution in [0.4, 0.5) is 5.69 Å². The molecule has 0 bridgehead atoms. The number of carbonyl (C=O) groups excluding carboxylic acids is 2. The number of esters is 1. The number of nitrogens with zero attached hydrogens (tertiary/aromatic N) is 1. The van der Waals surface area contributed by atoms with Gasteiger partial charge in [-0.25, -0.2) is 9.78 Å². The van der Waals surface area contributed by atoms with Gasteiger partial charge in [-0.1, -0.05) is 11.6 Å². The van der Waals surface area contributed by atoms with E-state index in [0.717, 1.165) is 0 Å². The van der Waals surface area contributed by atoms with Crippen LogP contribution in [0.25, 0.3) is 0 Å². The van der Waals surface area contributed by atoms with E-state index in [-0.39, 0.29) is 17.3 Å². The van der Waals surface area contributed by atoms with Crippen molar-refractivity contribution in [1.82, 2.24) is 4.98 Å². The second kappa shape index (κ2) is 6.65. The molecule has 0 aliphatic heterocycles. The minimum Gasteiger partial charge on any atom is -0.462 e. The summed E-state index contributed by atoms with van der Waals surface area (Å²) in [6.45, 7) is 1.86. The van der Waals surface area contributed by atoms with Crippen LogP contribution in [0.15, 0.2) is 30.1 Å². The summed E-state index contributed by atoms with van der Waals surface area (Å²) in [5.41, 5.74) is 0.379. The van der Waals surface area contributed by atoms with Crippen molar-refractivity contribution >= 4 is 29.5 Å². The van der Waals surface area contributed by atoms with Gasteiger partial charge < -0.3 is 10.1 Å². The van der Waals surface area contributed by atoms with E-state index in [9.17, 15) is 9.59 Å². The standard InChI is InChI=1S/C11H11ClN2O3/c1-2-17-11(16)8(7-15)6-14-9-4-3-5-13-10(9)12/h3-7,14H,2H2,1H3/b8-6+. The van der Waals surface area contributed by atoms with Crippen molar-refractivity contribution in [3.63, 3.8) is 0 Å². The molecular formula is C11H11ClN2O3. The number of pyridine rings is 1. The maximum Gasteiger partial charge on any atom is 0.342 e. The summed E-state index contributed by atoms with van der Waals surface area (Å²) in [7, 11) is 0. The molecule has 1 aromatic heterocycles. The van der Waals surface area contributed by atoms with Gasteiger partial charge in [0.2, 0.25) is 0 Å². The fourth-order valence-corrected chi connectivity index (χ4v) is 1.18. The zero-order valence-electron chi connectivity index (χ0n) is 9.14. The average Bonchev–Trinajstić information content (AvgIpc) is 2.32. The molecule has 1 rings (SSSR count). The third-order valence-electron chi connectivity index (χ3n) is 1.78. The molecule has 1 aromatic rings. The molecule has 0 unspecified atom stereocenters. The highest BCUT2D eigenvalue weighted by molar-refractivity contribution is 6.32. The van der Waals surface area contributed by atoms with Crippen molar-refractivity contribution in [3.8, 4) is 0 Å². The number of aromatic nitrogens is 1. The quantitative estimate of drug-likeness (QED) is 0.217. The summed E-state index contributed by atoms with van der Waals surface area (Å²) in [5.74, 6) is -0.685.